The standard InChI is InChI=1S/C16H19BrFNS/c1-4-5-14(19-3)16-7-6-15(20-16)11-9-12(17)13(18)8-10(11)2/h6-9,14,19H,4-5H2,1-3H3. The van der Waals surface area contributed by atoms with Gasteiger partial charge in [0.2, 0.25) is 0 Å². The molecule has 1 unspecified atom stereocenters. The Morgan fingerprint density at radius 3 is 2.75 bits per heavy atom. The minimum Gasteiger partial charge on any atom is -0.312 e. The quantitative estimate of drug-likeness (QED) is 0.726. The van der Waals surface area contributed by atoms with E-state index in [-0.39, 0.29) is 5.82 Å². The van der Waals surface area contributed by atoms with E-state index in [2.05, 4.69) is 40.3 Å². The van der Waals surface area contributed by atoms with Crippen molar-refractivity contribution in [1.82, 2.24) is 5.32 Å². The molecule has 2 aromatic rings. The first-order chi connectivity index (χ1) is 9.56. The molecule has 1 atom stereocenters. The Morgan fingerprint density at radius 1 is 1.35 bits per heavy atom. The molecule has 4 heteroatoms. The lowest BCUT2D eigenvalue weighted by Crippen LogP contribution is -2.14. The van der Waals surface area contributed by atoms with Gasteiger partial charge < -0.3 is 5.32 Å². The van der Waals surface area contributed by atoms with E-state index in [9.17, 15) is 4.39 Å². The summed E-state index contributed by atoms with van der Waals surface area (Å²) >= 11 is 5.05. The summed E-state index contributed by atoms with van der Waals surface area (Å²) in [6.45, 7) is 4.14. The first-order valence-corrected chi connectivity index (χ1v) is 8.40. The van der Waals surface area contributed by atoms with E-state index in [0.29, 0.717) is 10.5 Å². The third-order valence-corrected chi connectivity index (χ3v) is 5.27. The van der Waals surface area contributed by atoms with E-state index in [1.165, 1.54) is 9.75 Å². The van der Waals surface area contributed by atoms with Crippen molar-refractivity contribution in [2.45, 2.75) is 32.7 Å². The molecule has 0 radical (unpaired) electrons. The van der Waals surface area contributed by atoms with Crippen LogP contribution in [0.5, 0.6) is 0 Å². The Labute approximate surface area is 132 Å². The van der Waals surface area contributed by atoms with Crippen LogP contribution in [0.4, 0.5) is 4.39 Å². The lowest BCUT2D eigenvalue weighted by Gasteiger charge is -2.12. The minimum atomic E-state index is -0.206. The van der Waals surface area contributed by atoms with Crippen LogP contribution in [0.1, 0.15) is 36.2 Å². The lowest BCUT2D eigenvalue weighted by molar-refractivity contribution is 0.550. The topological polar surface area (TPSA) is 12.0 Å². The van der Waals surface area contributed by atoms with Crippen LogP contribution in [0.15, 0.2) is 28.7 Å². The zero-order valence-electron chi connectivity index (χ0n) is 12.0. The van der Waals surface area contributed by atoms with Crippen molar-refractivity contribution in [1.29, 1.82) is 0 Å². The number of benzene rings is 1. The van der Waals surface area contributed by atoms with Gasteiger partial charge in [-0.25, -0.2) is 4.39 Å². The smallest absolute Gasteiger partial charge is 0.137 e. The number of thiophene rings is 1. The largest absolute Gasteiger partial charge is 0.312 e. The molecule has 1 aromatic carbocycles. The van der Waals surface area contributed by atoms with Crippen molar-refractivity contribution >= 4 is 27.3 Å². The van der Waals surface area contributed by atoms with Gasteiger partial charge in [-0.1, -0.05) is 13.3 Å². The summed E-state index contributed by atoms with van der Waals surface area (Å²) in [7, 11) is 2.00. The van der Waals surface area contributed by atoms with Gasteiger partial charge in [-0.2, -0.15) is 0 Å². The van der Waals surface area contributed by atoms with Crippen LogP contribution in [-0.4, -0.2) is 7.05 Å². The number of nitrogens with one attached hydrogen (secondary N) is 1. The maximum absolute atomic E-state index is 13.5. The van der Waals surface area contributed by atoms with Gasteiger partial charge in [-0.05, 0) is 71.7 Å². The maximum atomic E-state index is 13.5. The lowest BCUT2D eigenvalue weighted by atomic mass is 10.1. The highest BCUT2D eigenvalue weighted by molar-refractivity contribution is 9.10. The van der Waals surface area contributed by atoms with Gasteiger partial charge in [-0.15, -0.1) is 11.3 Å². The molecule has 1 nitrogen and oxygen atoms in total. The van der Waals surface area contributed by atoms with Crippen molar-refractivity contribution in [2.24, 2.45) is 0 Å². The first kappa shape index (κ1) is 15.7. The zero-order chi connectivity index (χ0) is 14.7. The average Bonchev–Trinajstić information content (AvgIpc) is 2.89. The second kappa shape index (κ2) is 6.83. The summed E-state index contributed by atoms with van der Waals surface area (Å²) in [5.74, 6) is -0.206. The molecule has 0 spiro atoms. The highest BCUT2D eigenvalue weighted by atomic mass is 79.9. The van der Waals surface area contributed by atoms with Crippen molar-refractivity contribution < 1.29 is 4.39 Å². The van der Waals surface area contributed by atoms with Gasteiger partial charge in [0.15, 0.2) is 0 Å². The van der Waals surface area contributed by atoms with Crippen molar-refractivity contribution in [3.05, 3.63) is 45.0 Å². The van der Waals surface area contributed by atoms with Crippen molar-refractivity contribution in [3.63, 3.8) is 0 Å². The molecule has 0 aliphatic heterocycles. The zero-order valence-corrected chi connectivity index (χ0v) is 14.4. The highest BCUT2D eigenvalue weighted by Crippen LogP contribution is 2.36. The predicted octanol–water partition coefficient (Wildman–Crippen LogP) is 5.69. The Kier molecular flexibility index (Phi) is 5.35. The van der Waals surface area contributed by atoms with Crippen LogP contribution in [-0.2, 0) is 0 Å². The molecule has 108 valence electrons. The van der Waals surface area contributed by atoms with Crippen molar-refractivity contribution in [2.75, 3.05) is 7.05 Å². The first-order valence-electron chi connectivity index (χ1n) is 6.79. The average molecular weight is 356 g/mol. The summed E-state index contributed by atoms with van der Waals surface area (Å²) in [6.07, 6.45) is 2.28. The van der Waals surface area contributed by atoms with E-state index in [0.717, 1.165) is 24.0 Å². The number of halogens is 2. The van der Waals surface area contributed by atoms with Crippen LogP contribution >= 0.6 is 27.3 Å². The van der Waals surface area contributed by atoms with Crippen LogP contribution in [0.2, 0.25) is 0 Å². The summed E-state index contributed by atoms with van der Waals surface area (Å²) in [4.78, 5) is 2.53. The third-order valence-electron chi connectivity index (χ3n) is 3.43. The molecule has 0 aliphatic carbocycles. The summed E-state index contributed by atoms with van der Waals surface area (Å²) < 4.78 is 14.0. The molecule has 1 N–H and O–H groups in total. The molecule has 0 amide bonds. The predicted molar refractivity (Wildman–Crippen MR) is 88.9 cm³/mol. The van der Waals surface area contributed by atoms with Gasteiger partial charge in [0.1, 0.15) is 5.82 Å². The van der Waals surface area contributed by atoms with Gasteiger partial charge >= 0.3 is 0 Å². The SMILES string of the molecule is CCCC(NC)c1ccc(-c2cc(Br)c(F)cc2C)s1. The molecule has 1 aromatic heterocycles. The Bertz CT molecular complexity index is 594. The Hall–Kier alpha value is -0.710. The van der Waals surface area contributed by atoms with Gasteiger partial charge in [-0.3, -0.25) is 0 Å². The van der Waals surface area contributed by atoms with E-state index in [4.69, 9.17) is 0 Å². The fourth-order valence-corrected chi connectivity index (χ4v) is 3.89. The van der Waals surface area contributed by atoms with Crippen LogP contribution in [0.25, 0.3) is 10.4 Å². The molecular formula is C16H19BrFNS. The normalized spacial score (nSPS) is 12.7. The Morgan fingerprint density at radius 2 is 2.10 bits per heavy atom. The number of hydrogen-bond donors (Lipinski definition) is 1. The van der Waals surface area contributed by atoms with Gasteiger partial charge in [0.05, 0.1) is 4.47 Å². The number of rotatable bonds is 5. The van der Waals surface area contributed by atoms with Crippen LogP contribution < -0.4 is 5.32 Å². The highest BCUT2D eigenvalue weighted by Gasteiger charge is 2.14. The number of aryl methyl sites for hydroxylation is 1. The van der Waals surface area contributed by atoms with Gasteiger partial charge in [0.25, 0.3) is 0 Å². The van der Waals surface area contributed by atoms with E-state index < -0.39 is 0 Å². The molecule has 0 bridgehead atoms. The second-order valence-electron chi connectivity index (χ2n) is 4.91. The fraction of sp³-hybridized carbons (Fsp3) is 0.375. The molecule has 0 saturated carbocycles. The van der Waals surface area contributed by atoms with Gasteiger partial charge in [0, 0.05) is 15.8 Å². The fourth-order valence-electron chi connectivity index (χ4n) is 2.31. The van der Waals surface area contributed by atoms with E-state index in [1.54, 1.807) is 17.4 Å². The molecular weight excluding hydrogens is 337 g/mol. The summed E-state index contributed by atoms with van der Waals surface area (Å²) in [6, 6.07) is 8.16. The second-order valence-corrected chi connectivity index (χ2v) is 6.88. The molecule has 1 heterocycles. The molecule has 2 rings (SSSR count). The third kappa shape index (κ3) is 3.30. The number of hydrogen-bond acceptors (Lipinski definition) is 2. The minimum absolute atomic E-state index is 0.206. The Balaban J connectivity index is 2.35. The summed E-state index contributed by atoms with van der Waals surface area (Å²) in [5, 5.41) is 3.36. The molecule has 20 heavy (non-hydrogen) atoms. The van der Waals surface area contributed by atoms with Crippen LogP contribution in [0.3, 0.4) is 0 Å². The summed E-state index contributed by atoms with van der Waals surface area (Å²) in [5.41, 5.74) is 2.07. The molecule has 0 aliphatic rings. The maximum Gasteiger partial charge on any atom is 0.137 e. The molecule has 0 fully saturated rings. The van der Waals surface area contributed by atoms with Crippen LogP contribution in [0, 0.1) is 12.7 Å². The van der Waals surface area contributed by atoms with E-state index in [1.807, 2.05) is 20.0 Å². The van der Waals surface area contributed by atoms with Crippen molar-refractivity contribution in [3.8, 4) is 10.4 Å². The van der Waals surface area contributed by atoms with E-state index >= 15 is 0 Å². The monoisotopic (exact) mass is 355 g/mol. The molecule has 0 saturated heterocycles.